The van der Waals surface area contributed by atoms with Gasteiger partial charge in [0.2, 0.25) is 10.0 Å². The van der Waals surface area contributed by atoms with Gasteiger partial charge in [0.25, 0.3) is 0 Å². The predicted octanol–water partition coefficient (Wildman–Crippen LogP) is 3.32. The van der Waals surface area contributed by atoms with Crippen LogP contribution in [0.4, 0.5) is 0 Å². The number of hydrogen-bond donors (Lipinski definition) is 1. The number of sulfonamides is 1. The third kappa shape index (κ3) is 3.74. The summed E-state index contributed by atoms with van der Waals surface area (Å²) < 4.78 is 28.0. The minimum atomic E-state index is -3.44. The second kappa shape index (κ2) is 5.76. The fraction of sp³-hybridized carbons (Fsp3) is 0.538. The van der Waals surface area contributed by atoms with E-state index in [1.165, 1.54) is 0 Å². The number of rotatable bonds is 4. The van der Waals surface area contributed by atoms with Crippen molar-refractivity contribution in [1.29, 1.82) is 0 Å². The van der Waals surface area contributed by atoms with E-state index in [2.05, 4.69) is 27.6 Å². The maximum atomic E-state index is 12.3. The standard InChI is InChI=1S/C13H18BrNO2S2/c1-10-4-5-12(11(14)8-10)19(16,17)15-9-13(2)6-3-7-18-13/h4-5,8,15H,3,6-7,9H2,1-2H3. The van der Waals surface area contributed by atoms with Gasteiger partial charge in [-0.1, -0.05) is 6.07 Å². The highest BCUT2D eigenvalue weighted by atomic mass is 79.9. The van der Waals surface area contributed by atoms with Gasteiger partial charge in [-0.05, 0) is 66.1 Å². The highest BCUT2D eigenvalue weighted by Crippen LogP contribution is 2.37. The van der Waals surface area contributed by atoms with Crippen LogP contribution in [0.3, 0.4) is 0 Å². The molecule has 0 bridgehead atoms. The Bertz CT molecular complexity index is 566. The van der Waals surface area contributed by atoms with Crippen LogP contribution in [-0.4, -0.2) is 25.5 Å². The molecule has 1 aliphatic rings. The van der Waals surface area contributed by atoms with Crippen LogP contribution in [0.25, 0.3) is 0 Å². The summed E-state index contributed by atoms with van der Waals surface area (Å²) in [6.45, 7) is 4.54. The van der Waals surface area contributed by atoms with Crippen LogP contribution < -0.4 is 4.72 Å². The van der Waals surface area contributed by atoms with Crippen LogP contribution >= 0.6 is 27.7 Å². The lowest BCUT2D eigenvalue weighted by atomic mass is 10.1. The van der Waals surface area contributed by atoms with Crippen LogP contribution in [0, 0.1) is 6.92 Å². The fourth-order valence-corrected chi connectivity index (χ4v) is 5.82. The van der Waals surface area contributed by atoms with Crippen molar-refractivity contribution in [2.75, 3.05) is 12.3 Å². The molecule has 1 aromatic rings. The number of benzene rings is 1. The maximum Gasteiger partial charge on any atom is 0.241 e. The zero-order valence-electron chi connectivity index (χ0n) is 11.1. The smallest absolute Gasteiger partial charge is 0.210 e. The molecule has 0 aromatic heterocycles. The van der Waals surface area contributed by atoms with Gasteiger partial charge in [0.05, 0.1) is 4.90 Å². The topological polar surface area (TPSA) is 46.2 Å². The molecule has 1 aliphatic heterocycles. The van der Waals surface area contributed by atoms with Gasteiger partial charge in [-0.2, -0.15) is 11.8 Å². The lowest BCUT2D eigenvalue weighted by Gasteiger charge is -2.23. The van der Waals surface area contributed by atoms with Gasteiger partial charge >= 0.3 is 0 Å². The third-order valence-electron chi connectivity index (χ3n) is 3.31. The minimum Gasteiger partial charge on any atom is -0.210 e. The lowest BCUT2D eigenvalue weighted by molar-refractivity contribution is 0.552. The second-order valence-electron chi connectivity index (χ2n) is 5.16. The Kier molecular flexibility index (Phi) is 4.65. The van der Waals surface area contributed by atoms with Crippen LogP contribution in [0.1, 0.15) is 25.3 Å². The quantitative estimate of drug-likeness (QED) is 0.892. The Hall–Kier alpha value is -0.0400. The van der Waals surface area contributed by atoms with Crippen molar-refractivity contribution < 1.29 is 8.42 Å². The largest absolute Gasteiger partial charge is 0.241 e. The van der Waals surface area contributed by atoms with Gasteiger partial charge in [-0.15, -0.1) is 0 Å². The van der Waals surface area contributed by atoms with E-state index in [4.69, 9.17) is 0 Å². The molecule has 0 amide bonds. The molecular formula is C13H18BrNO2S2. The summed E-state index contributed by atoms with van der Waals surface area (Å²) >= 11 is 5.17. The van der Waals surface area contributed by atoms with E-state index in [-0.39, 0.29) is 4.75 Å². The molecular weight excluding hydrogens is 346 g/mol. The summed E-state index contributed by atoms with van der Waals surface area (Å²) in [5, 5.41) is 0. The molecule has 0 radical (unpaired) electrons. The molecule has 2 rings (SSSR count). The average Bonchev–Trinajstić information content (AvgIpc) is 2.74. The zero-order chi connectivity index (χ0) is 14.1. The van der Waals surface area contributed by atoms with Gasteiger partial charge in [0.15, 0.2) is 0 Å². The Morgan fingerprint density at radius 1 is 1.47 bits per heavy atom. The Balaban J connectivity index is 2.14. The van der Waals surface area contributed by atoms with E-state index in [1.54, 1.807) is 6.07 Å². The van der Waals surface area contributed by atoms with Crippen LogP contribution in [0.5, 0.6) is 0 Å². The summed E-state index contributed by atoms with van der Waals surface area (Å²) in [5.74, 6) is 1.12. The summed E-state index contributed by atoms with van der Waals surface area (Å²) in [6, 6.07) is 5.28. The van der Waals surface area contributed by atoms with Gasteiger partial charge < -0.3 is 0 Å². The van der Waals surface area contributed by atoms with Gasteiger partial charge in [-0.3, -0.25) is 0 Å². The molecule has 1 fully saturated rings. The SMILES string of the molecule is Cc1ccc(S(=O)(=O)NCC2(C)CCCS2)c(Br)c1. The van der Waals surface area contributed by atoms with E-state index in [0.29, 0.717) is 15.9 Å². The molecule has 0 saturated carbocycles. The molecule has 1 heterocycles. The Labute approximate surface area is 127 Å². The second-order valence-corrected chi connectivity index (χ2v) is 9.43. The number of aryl methyl sites for hydroxylation is 1. The number of nitrogens with one attached hydrogen (secondary N) is 1. The van der Waals surface area contributed by atoms with E-state index in [0.717, 1.165) is 24.2 Å². The molecule has 1 unspecified atom stereocenters. The van der Waals surface area contributed by atoms with E-state index in [1.807, 2.05) is 30.8 Å². The first-order valence-electron chi connectivity index (χ1n) is 6.22. The normalized spacial score (nSPS) is 23.7. The van der Waals surface area contributed by atoms with Crippen molar-refractivity contribution in [2.24, 2.45) is 0 Å². The summed E-state index contributed by atoms with van der Waals surface area (Å²) in [5.41, 5.74) is 1.03. The van der Waals surface area contributed by atoms with Gasteiger partial charge in [-0.25, -0.2) is 13.1 Å². The first kappa shape index (κ1) is 15.4. The van der Waals surface area contributed by atoms with E-state index >= 15 is 0 Å². The van der Waals surface area contributed by atoms with Crippen molar-refractivity contribution in [1.82, 2.24) is 4.72 Å². The molecule has 19 heavy (non-hydrogen) atoms. The van der Waals surface area contributed by atoms with Crippen molar-refractivity contribution in [3.63, 3.8) is 0 Å². The molecule has 1 saturated heterocycles. The number of hydrogen-bond acceptors (Lipinski definition) is 3. The van der Waals surface area contributed by atoms with Crippen LogP contribution in [0.2, 0.25) is 0 Å². The predicted molar refractivity (Wildman–Crippen MR) is 84.2 cm³/mol. The number of thioether (sulfide) groups is 1. The fourth-order valence-electron chi connectivity index (χ4n) is 2.13. The first-order valence-corrected chi connectivity index (χ1v) is 9.48. The highest BCUT2D eigenvalue weighted by Gasteiger charge is 2.31. The highest BCUT2D eigenvalue weighted by molar-refractivity contribution is 9.10. The zero-order valence-corrected chi connectivity index (χ0v) is 14.3. The van der Waals surface area contributed by atoms with E-state index < -0.39 is 10.0 Å². The molecule has 6 heteroatoms. The Morgan fingerprint density at radius 2 is 2.21 bits per heavy atom. The summed E-state index contributed by atoms with van der Waals surface area (Å²) in [4.78, 5) is 0.310. The van der Waals surface area contributed by atoms with Crippen LogP contribution in [-0.2, 0) is 10.0 Å². The van der Waals surface area contributed by atoms with Crippen molar-refractivity contribution in [3.8, 4) is 0 Å². The molecule has 3 nitrogen and oxygen atoms in total. The van der Waals surface area contributed by atoms with Gasteiger partial charge in [0.1, 0.15) is 0 Å². The average molecular weight is 364 g/mol. The monoisotopic (exact) mass is 363 g/mol. The first-order chi connectivity index (χ1) is 8.82. The number of halogens is 1. The molecule has 106 valence electrons. The van der Waals surface area contributed by atoms with Crippen molar-refractivity contribution in [3.05, 3.63) is 28.2 Å². The minimum absolute atomic E-state index is 0.0320. The lowest BCUT2D eigenvalue weighted by Crippen LogP contribution is -2.36. The molecule has 1 atom stereocenters. The summed E-state index contributed by atoms with van der Waals surface area (Å²) in [6.07, 6.45) is 2.23. The third-order valence-corrected chi connectivity index (χ3v) is 7.23. The van der Waals surface area contributed by atoms with Gasteiger partial charge in [0, 0.05) is 15.8 Å². The van der Waals surface area contributed by atoms with Crippen molar-refractivity contribution >= 4 is 37.7 Å². The van der Waals surface area contributed by atoms with Crippen LogP contribution in [0.15, 0.2) is 27.6 Å². The molecule has 0 aliphatic carbocycles. The van der Waals surface area contributed by atoms with E-state index in [9.17, 15) is 8.42 Å². The Morgan fingerprint density at radius 3 is 2.79 bits per heavy atom. The maximum absolute atomic E-state index is 12.3. The summed E-state index contributed by atoms with van der Waals surface area (Å²) in [7, 11) is -3.44. The molecule has 0 spiro atoms. The molecule has 1 N–H and O–H groups in total. The van der Waals surface area contributed by atoms with Crippen molar-refractivity contribution in [2.45, 2.75) is 36.3 Å². The molecule has 1 aromatic carbocycles.